The molecule has 3 aromatic rings. The molecule has 0 aliphatic rings. The Kier molecular flexibility index (Phi) is 4.64. The summed E-state index contributed by atoms with van der Waals surface area (Å²) in [5.41, 5.74) is 4.36. The minimum absolute atomic E-state index is 0.0293. The fourth-order valence-electron chi connectivity index (χ4n) is 2.56. The minimum Gasteiger partial charge on any atom is -0.302 e. The number of rotatable bonds is 4. The molecule has 0 saturated heterocycles. The van der Waals surface area contributed by atoms with Crippen LogP contribution in [0.15, 0.2) is 36.4 Å². The number of aryl methyl sites for hydroxylation is 3. The van der Waals surface area contributed by atoms with Crippen LogP contribution in [0.3, 0.4) is 0 Å². The Morgan fingerprint density at radius 1 is 1.26 bits per heavy atom. The van der Waals surface area contributed by atoms with E-state index in [0.717, 1.165) is 21.3 Å². The number of thiazole rings is 1. The number of hydrogen-bond acceptors (Lipinski definition) is 3. The van der Waals surface area contributed by atoms with Crippen molar-refractivity contribution in [3.8, 4) is 0 Å². The molecule has 0 fully saturated rings. The fourth-order valence-corrected chi connectivity index (χ4v) is 3.83. The minimum atomic E-state index is -0.0293. The fraction of sp³-hybridized carbons (Fsp3) is 0.222. The van der Waals surface area contributed by atoms with Crippen LogP contribution in [0.1, 0.15) is 23.1 Å². The van der Waals surface area contributed by atoms with Crippen LogP contribution in [-0.2, 0) is 11.2 Å². The van der Waals surface area contributed by atoms with E-state index in [1.165, 1.54) is 16.9 Å². The number of halogens is 1. The van der Waals surface area contributed by atoms with E-state index in [-0.39, 0.29) is 5.91 Å². The number of anilines is 1. The van der Waals surface area contributed by atoms with Crippen molar-refractivity contribution in [3.63, 3.8) is 0 Å². The SMILES string of the molecule is Cc1cc(C)c2nc(NC(=O)CCc3cccc(Cl)c3)sc2c1. The quantitative estimate of drug-likeness (QED) is 0.712. The molecule has 0 bridgehead atoms. The summed E-state index contributed by atoms with van der Waals surface area (Å²) >= 11 is 7.47. The van der Waals surface area contributed by atoms with E-state index in [4.69, 9.17) is 11.6 Å². The second-order valence-corrected chi connectivity index (χ2v) is 7.09. The molecule has 0 unspecified atom stereocenters. The number of fused-ring (bicyclic) bond motifs is 1. The second-order valence-electron chi connectivity index (χ2n) is 5.63. The smallest absolute Gasteiger partial charge is 0.226 e. The summed E-state index contributed by atoms with van der Waals surface area (Å²) in [5, 5.41) is 4.25. The highest BCUT2D eigenvalue weighted by molar-refractivity contribution is 7.22. The molecular weight excluding hydrogens is 328 g/mol. The second kappa shape index (κ2) is 6.69. The molecule has 1 N–H and O–H groups in total. The van der Waals surface area contributed by atoms with Gasteiger partial charge >= 0.3 is 0 Å². The zero-order chi connectivity index (χ0) is 16.4. The number of nitrogens with zero attached hydrogens (tertiary/aromatic N) is 1. The molecule has 0 atom stereocenters. The van der Waals surface area contributed by atoms with Gasteiger partial charge in [0.05, 0.1) is 10.2 Å². The van der Waals surface area contributed by atoms with Crippen molar-refractivity contribution < 1.29 is 4.79 Å². The topological polar surface area (TPSA) is 42.0 Å². The summed E-state index contributed by atoms with van der Waals surface area (Å²) in [7, 11) is 0. The molecule has 0 spiro atoms. The molecule has 0 radical (unpaired) electrons. The number of carbonyl (C=O) groups excluding carboxylic acids is 1. The largest absolute Gasteiger partial charge is 0.302 e. The van der Waals surface area contributed by atoms with Crippen molar-refractivity contribution in [1.29, 1.82) is 0 Å². The maximum absolute atomic E-state index is 12.1. The van der Waals surface area contributed by atoms with Crippen LogP contribution in [0.4, 0.5) is 5.13 Å². The van der Waals surface area contributed by atoms with Gasteiger partial charge in [-0.3, -0.25) is 4.79 Å². The lowest BCUT2D eigenvalue weighted by Crippen LogP contribution is -2.12. The Hall–Kier alpha value is -1.91. The molecule has 5 heteroatoms. The van der Waals surface area contributed by atoms with E-state index < -0.39 is 0 Å². The van der Waals surface area contributed by atoms with Crippen LogP contribution >= 0.6 is 22.9 Å². The van der Waals surface area contributed by atoms with Gasteiger partial charge in [0.1, 0.15) is 0 Å². The number of amides is 1. The lowest BCUT2D eigenvalue weighted by atomic mass is 10.1. The van der Waals surface area contributed by atoms with Gasteiger partial charge in [-0.2, -0.15) is 0 Å². The lowest BCUT2D eigenvalue weighted by Gasteiger charge is -2.02. The van der Waals surface area contributed by atoms with Crippen LogP contribution in [0.25, 0.3) is 10.2 Å². The maximum atomic E-state index is 12.1. The highest BCUT2D eigenvalue weighted by Crippen LogP contribution is 2.29. The summed E-state index contributed by atoms with van der Waals surface area (Å²) in [5.74, 6) is -0.0293. The predicted molar refractivity (Wildman–Crippen MR) is 97.5 cm³/mol. The molecule has 0 aliphatic heterocycles. The summed E-state index contributed by atoms with van der Waals surface area (Å²) < 4.78 is 1.10. The molecule has 1 aromatic heterocycles. The summed E-state index contributed by atoms with van der Waals surface area (Å²) in [6.45, 7) is 4.11. The standard InChI is InChI=1S/C18H17ClN2OS/c1-11-8-12(2)17-15(9-11)23-18(21-17)20-16(22)7-6-13-4-3-5-14(19)10-13/h3-5,8-10H,6-7H2,1-2H3,(H,20,21,22). The third-order valence-electron chi connectivity index (χ3n) is 3.61. The van der Waals surface area contributed by atoms with Crippen LogP contribution < -0.4 is 5.32 Å². The molecular formula is C18H17ClN2OS. The van der Waals surface area contributed by atoms with E-state index >= 15 is 0 Å². The first-order valence-electron chi connectivity index (χ1n) is 7.43. The Morgan fingerprint density at radius 3 is 2.87 bits per heavy atom. The van der Waals surface area contributed by atoms with Gasteiger partial charge in [-0.15, -0.1) is 0 Å². The first kappa shape index (κ1) is 16.0. The van der Waals surface area contributed by atoms with E-state index in [2.05, 4.69) is 29.4 Å². The van der Waals surface area contributed by atoms with Gasteiger partial charge in [-0.05, 0) is 55.2 Å². The van der Waals surface area contributed by atoms with Crippen LogP contribution in [-0.4, -0.2) is 10.9 Å². The first-order valence-corrected chi connectivity index (χ1v) is 8.63. The number of benzene rings is 2. The highest BCUT2D eigenvalue weighted by atomic mass is 35.5. The Bertz CT molecular complexity index is 873. The summed E-state index contributed by atoms with van der Waals surface area (Å²) in [6.07, 6.45) is 1.07. The third-order valence-corrected chi connectivity index (χ3v) is 4.76. The zero-order valence-corrected chi connectivity index (χ0v) is 14.6. The van der Waals surface area contributed by atoms with Gasteiger partial charge in [0.25, 0.3) is 0 Å². The van der Waals surface area contributed by atoms with Gasteiger partial charge in [-0.1, -0.05) is 41.1 Å². The molecule has 118 valence electrons. The number of nitrogens with one attached hydrogen (secondary N) is 1. The van der Waals surface area contributed by atoms with Gasteiger partial charge in [0.15, 0.2) is 5.13 Å². The van der Waals surface area contributed by atoms with Crippen LogP contribution in [0, 0.1) is 13.8 Å². The first-order chi connectivity index (χ1) is 11.0. The van der Waals surface area contributed by atoms with E-state index in [1.54, 1.807) is 0 Å². The average molecular weight is 345 g/mol. The van der Waals surface area contributed by atoms with Crippen molar-refractivity contribution in [3.05, 3.63) is 58.1 Å². The van der Waals surface area contributed by atoms with E-state index in [9.17, 15) is 4.79 Å². The van der Waals surface area contributed by atoms with Crippen molar-refractivity contribution in [2.24, 2.45) is 0 Å². The normalized spacial score (nSPS) is 10.9. The number of aromatic nitrogens is 1. The Morgan fingerprint density at radius 2 is 2.09 bits per heavy atom. The maximum Gasteiger partial charge on any atom is 0.226 e. The van der Waals surface area contributed by atoms with E-state index in [1.807, 2.05) is 31.2 Å². The molecule has 0 aliphatic carbocycles. The molecule has 3 rings (SSSR count). The van der Waals surface area contributed by atoms with Gasteiger partial charge in [-0.25, -0.2) is 4.98 Å². The average Bonchev–Trinajstić information content (AvgIpc) is 2.88. The van der Waals surface area contributed by atoms with Crippen molar-refractivity contribution >= 4 is 44.2 Å². The predicted octanol–water partition coefficient (Wildman–Crippen LogP) is 5.14. The summed E-state index contributed by atoms with van der Waals surface area (Å²) in [4.78, 5) is 16.6. The lowest BCUT2D eigenvalue weighted by molar-refractivity contribution is -0.116. The van der Waals surface area contributed by atoms with E-state index in [0.29, 0.717) is 23.0 Å². The molecule has 3 nitrogen and oxygen atoms in total. The van der Waals surface area contributed by atoms with Crippen molar-refractivity contribution in [2.75, 3.05) is 5.32 Å². The molecule has 2 aromatic carbocycles. The number of hydrogen-bond donors (Lipinski definition) is 1. The monoisotopic (exact) mass is 344 g/mol. The Labute approximate surface area is 144 Å². The van der Waals surface area contributed by atoms with Crippen LogP contribution in [0.5, 0.6) is 0 Å². The van der Waals surface area contributed by atoms with Crippen molar-refractivity contribution in [2.45, 2.75) is 26.7 Å². The molecule has 1 amide bonds. The number of carbonyl (C=O) groups is 1. The van der Waals surface area contributed by atoms with Gasteiger partial charge in [0, 0.05) is 11.4 Å². The summed E-state index contributed by atoms with van der Waals surface area (Å²) in [6, 6.07) is 11.8. The molecule has 23 heavy (non-hydrogen) atoms. The molecule has 1 heterocycles. The van der Waals surface area contributed by atoms with Crippen molar-refractivity contribution in [1.82, 2.24) is 4.98 Å². The molecule has 0 saturated carbocycles. The van der Waals surface area contributed by atoms with Gasteiger partial charge < -0.3 is 5.32 Å². The van der Waals surface area contributed by atoms with Crippen LogP contribution in [0.2, 0.25) is 5.02 Å². The zero-order valence-electron chi connectivity index (χ0n) is 13.0. The highest BCUT2D eigenvalue weighted by Gasteiger charge is 2.10. The van der Waals surface area contributed by atoms with Gasteiger partial charge in [0.2, 0.25) is 5.91 Å². The third kappa shape index (κ3) is 3.89. The Balaban J connectivity index is 1.67.